The molecule has 2 heterocycles. The second-order valence-electron chi connectivity index (χ2n) is 10.5. The number of rotatable bonds is 5. The quantitative estimate of drug-likeness (QED) is 0.232. The molecule has 0 saturated heterocycles. The summed E-state index contributed by atoms with van der Waals surface area (Å²) in [6.45, 7) is 2.95. The number of ketones is 1. The molecule has 0 aliphatic carbocycles. The first-order valence-electron chi connectivity index (χ1n) is 13.2. The van der Waals surface area contributed by atoms with Crippen LogP contribution < -0.4 is 29.1 Å². The molecule has 1 unspecified atom stereocenters. The molecule has 0 fully saturated rings. The minimum absolute atomic E-state index is 0.0530. The van der Waals surface area contributed by atoms with Gasteiger partial charge in [-0.3, -0.25) is 9.59 Å². The predicted molar refractivity (Wildman–Crippen MR) is 157 cm³/mol. The number of fused-ring (bicyclic) bond motifs is 4. The van der Waals surface area contributed by atoms with Gasteiger partial charge in [-0.2, -0.15) is 0 Å². The number of phenolic OH excluding ortho intramolecular Hbond substituents is 2. The van der Waals surface area contributed by atoms with Crippen molar-refractivity contribution in [3.63, 3.8) is 0 Å². The normalized spacial score (nSPS) is 16.3. The molecule has 11 heteroatoms. The first kappa shape index (κ1) is 28.0. The van der Waals surface area contributed by atoms with Gasteiger partial charge in [-0.1, -0.05) is 0 Å². The lowest BCUT2D eigenvalue weighted by Gasteiger charge is -2.33. The van der Waals surface area contributed by atoms with Gasteiger partial charge < -0.3 is 43.4 Å². The van der Waals surface area contributed by atoms with Gasteiger partial charge in [0.25, 0.3) is 0 Å². The number of carbonyl (C=O) groups is 1. The minimum Gasteiger partial charge on any atom is -0.506 e. The lowest BCUT2D eigenvalue weighted by Crippen LogP contribution is -2.39. The van der Waals surface area contributed by atoms with Gasteiger partial charge in [0.05, 0.1) is 45.6 Å². The monoisotopic (exact) mass is 588 g/mol. The van der Waals surface area contributed by atoms with Crippen molar-refractivity contribution in [1.29, 1.82) is 0 Å². The Hall–Kier alpha value is -5.16. The highest BCUT2D eigenvalue weighted by Gasteiger charge is 2.41. The first-order valence-corrected chi connectivity index (χ1v) is 13.2. The molecule has 222 valence electrons. The number of carbonyl (C=O) groups excluding carboxylic acids is 1. The van der Waals surface area contributed by atoms with E-state index in [0.29, 0.717) is 22.3 Å². The van der Waals surface area contributed by atoms with Crippen LogP contribution in [0.25, 0.3) is 43.6 Å². The lowest BCUT2D eigenvalue weighted by atomic mass is 9.85. The third-order valence-electron chi connectivity index (χ3n) is 7.65. The van der Waals surface area contributed by atoms with E-state index in [1.54, 1.807) is 25.1 Å². The summed E-state index contributed by atoms with van der Waals surface area (Å²) in [5.41, 5.74) is -0.0451. The zero-order valence-corrected chi connectivity index (χ0v) is 24.2. The van der Waals surface area contributed by atoms with E-state index < -0.39 is 34.9 Å². The molecule has 1 aromatic heterocycles. The average Bonchev–Trinajstić information content (AvgIpc) is 2.94. The zero-order chi connectivity index (χ0) is 31.0. The van der Waals surface area contributed by atoms with Crippen molar-refractivity contribution in [1.82, 2.24) is 0 Å². The van der Waals surface area contributed by atoms with Crippen LogP contribution in [-0.4, -0.2) is 55.3 Å². The van der Waals surface area contributed by atoms with Crippen molar-refractivity contribution < 1.29 is 48.2 Å². The fourth-order valence-electron chi connectivity index (χ4n) is 5.89. The second kappa shape index (κ2) is 9.70. The molecule has 6 rings (SSSR count). The van der Waals surface area contributed by atoms with E-state index in [0.717, 1.165) is 0 Å². The number of hydrogen-bond donors (Lipinski definition) is 3. The highest BCUT2D eigenvalue weighted by molar-refractivity contribution is 6.21. The van der Waals surface area contributed by atoms with Crippen LogP contribution in [0.15, 0.2) is 39.5 Å². The maximum Gasteiger partial charge on any atom is 0.212 e. The summed E-state index contributed by atoms with van der Waals surface area (Å²) in [7, 11) is 5.70. The summed E-state index contributed by atoms with van der Waals surface area (Å²) in [6, 6.07) is 7.52. The zero-order valence-electron chi connectivity index (χ0n) is 24.2. The molecule has 1 aliphatic rings. The van der Waals surface area contributed by atoms with Gasteiger partial charge in [-0.15, -0.1) is 0 Å². The molecule has 1 aliphatic heterocycles. The van der Waals surface area contributed by atoms with Crippen LogP contribution in [0.2, 0.25) is 0 Å². The van der Waals surface area contributed by atoms with E-state index in [9.17, 15) is 24.9 Å². The van der Waals surface area contributed by atoms with Crippen LogP contribution in [0.1, 0.15) is 29.5 Å². The molecular weight excluding hydrogens is 560 g/mol. The highest BCUT2D eigenvalue weighted by atomic mass is 16.6. The Morgan fingerprint density at radius 1 is 0.744 bits per heavy atom. The fraction of sp³-hybridized carbons (Fsp3) is 0.250. The third kappa shape index (κ3) is 4.07. The molecule has 0 saturated carbocycles. The highest BCUT2D eigenvalue weighted by Crippen LogP contribution is 2.57. The van der Waals surface area contributed by atoms with Gasteiger partial charge in [-0.25, -0.2) is 0 Å². The number of aliphatic hydroxyl groups is 1. The maximum atomic E-state index is 13.5. The molecule has 0 bridgehead atoms. The summed E-state index contributed by atoms with van der Waals surface area (Å²) in [5, 5.41) is 34.9. The number of phenols is 2. The fourth-order valence-corrected chi connectivity index (χ4v) is 5.89. The van der Waals surface area contributed by atoms with Crippen LogP contribution in [0.3, 0.4) is 0 Å². The molecule has 1 atom stereocenters. The number of methoxy groups -OCH3 is 4. The SMILES string of the molecule is COc1cc(OC)c2c(O)c3c(c(-c4c(OC)cc(OC)c5c(O)c6c(=O)cc(C)oc6cc45)c2c1)OC(C)(O)CC3=O. The largest absolute Gasteiger partial charge is 0.506 e. The molecule has 5 aromatic rings. The topological polar surface area (TPSA) is 154 Å². The van der Waals surface area contributed by atoms with Crippen molar-refractivity contribution in [2.45, 2.75) is 26.1 Å². The van der Waals surface area contributed by atoms with Crippen LogP contribution in [0, 0.1) is 6.92 Å². The van der Waals surface area contributed by atoms with Gasteiger partial charge in [0.1, 0.15) is 62.5 Å². The van der Waals surface area contributed by atoms with Crippen molar-refractivity contribution in [3.8, 4) is 51.4 Å². The van der Waals surface area contributed by atoms with E-state index in [1.807, 2.05) is 0 Å². The number of ether oxygens (including phenoxy) is 5. The Balaban J connectivity index is 1.95. The van der Waals surface area contributed by atoms with Gasteiger partial charge in [-0.05, 0) is 19.1 Å². The van der Waals surface area contributed by atoms with Gasteiger partial charge >= 0.3 is 0 Å². The standard InChI is InChI=1S/C32H28O11/c1-13-7-17(33)27-22(42-13)10-16-23(20(40-5)11-21(41-6)25(16)29(27)35)26-15-8-14(38-3)9-19(39-4)24(15)30(36)28-18(34)12-32(2,37)43-31(26)28/h7-11,35-37H,12H2,1-6H3. The number of Topliss-reactive ketones (excluding diaryl/α,β-unsaturated/α-hetero) is 1. The van der Waals surface area contributed by atoms with E-state index in [-0.39, 0.29) is 61.4 Å². The molecular formula is C32H28O11. The minimum atomic E-state index is -1.92. The molecule has 0 amide bonds. The summed E-state index contributed by atoms with van der Waals surface area (Å²) in [6.07, 6.45) is -0.423. The smallest absolute Gasteiger partial charge is 0.212 e. The number of aromatic hydroxyl groups is 2. The molecule has 11 nitrogen and oxygen atoms in total. The number of hydrogen-bond acceptors (Lipinski definition) is 11. The maximum absolute atomic E-state index is 13.5. The predicted octanol–water partition coefficient (Wildman–Crippen LogP) is 5.19. The summed E-state index contributed by atoms with van der Waals surface area (Å²) >= 11 is 0. The Labute approximate surface area is 244 Å². The van der Waals surface area contributed by atoms with E-state index in [1.165, 1.54) is 47.5 Å². The molecule has 0 spiro atoms. The number of aryl methyl sites for hydroxylation is 1. The Morgan fingerprint density at radius 3 is 2.02 bits per heavy atom. The van der Waals surface area contributed by atoms with Crippen LogP contribution in [0.5, 0.6) is 40.2 Å². The Morgan fingerprint density at radius 2 is 1.37 bits per heavy atom. The van der Waals surface area contributed by atoms with Crippen molar-refractivity contribution in [2.75, 3.05) is 28.4 Å². The van der Waals surface area contributed by atoms with Crippen molar-refractivity contribution in [2.24, 2.45) is 0 Å². The van der Waals surface area contributed by atoms with E-state index in [2.05, 4.69) is 0 Å². The van der Waals surface area contributed by atoms with Crippen molar-refractivity contribution >= 4 is 38.3 Å². The number of benzene rings is 4. The van der Waals surface area contributed by atoms with Crippen LogP contribution >= 0.6 is 0 Å². The second-order valence-corrected chi connectivity index (χ2v) is 10.5. The third-order valence-corrected chi connectivity index (χ3v) is 7.65. The van der Waals surface area contributed by atoms with Crippen LogP contribution in [0.4, 0.5) is 0 Å². The Bertz CT molecular complexity index is 2070. The summed E-state index contributed by atoms with van der Waals surface area (Å²) < 4.78 is 34.5. The molecule has 0 radical (unpaired) electrons. The molecule has 3 N–H and O–H groups in total. The molecule has 4 aromatic carbocycles. The summed E-state index contributed by atoms with van der Waals surface area (Å²) in [4.78, 5) is 26.5. The Kier molecular flexibility index (Phi) is 6.31. The first-order chi connectivity index (χ1) is 20.4. The van der Waals surface area contributed by atoms with Gasteiger partial charge in [0.15, 0.2) is 11.2 Å². The van der Waals surface area contributed by atoms with Gasteiger partial charge in [0.2, 0.25) is 5.79 Å². The van der Waals surface area contributed by atoms with E-state index >= 15 is 0 Å². The van der Waals surface area contributed by atoms with Gasteiger partial charge in [0, 0.05) is 47.0 Å². The van der Waals surface area contributed by atoms with E-state index in [4.69, 9.17) is 28.1 Å². The lowest BCUT2D eigenvalue weighted by molar-refractivity contribution is -0.122. The average molecular weight is 589 g/mol. The van der Waals surface area contributed by atoms with Crippen LogP contribution in [-0.2, 0) is 0 Å². The van der Waals surface area contributed by atoms with Crippen molar-refractivity contribution in [3.05, 3.63) is 51.9 Å². The summed E-state index contributed by atoms with van der Waals surface area (Å²) in [5.74, 6) is -2.14. The molecule has 43 heavy (non-hydrogen) atoms.